The van der Waals surface area contributed by atoms with Gasteiger partial charge in [-0.2, -0.15) is 13.2 Å². The first-order chi connectivity index (χ1) is 9.85. The van der Waals surface area contributed by atoms with E-state index in [4.69, 9.17) is 10.5 Å². The molecule has 0 amide bonds. The maximum absolute atomic E-state index is 12.1. The van der Waals surface area contributed by atoms with E-state index in [2.05, 4.69) is 4.90 Å². The Morgan fingerprint density at radius 1 is 1.38 bits per heavy atom. The van der Waals surface area contributed by atoms with Crippen LogP contribution in [0.1, 0.15) is 24.8 Å². The van der Waals surface area contributed by atoms with Crippen LogP contribution in [-0.4, -0.2) is 31.9 Å². The molecule has 0 saturated carbocycles. The average molecular weight is 302 g/mol. The fourth-order valence-electron chi connectivity index (χ4n) is 2.51. The fourth-order valence-corrected chi connectivity index (χ4v) is 2.51. The number of anilines is 1. The number of ether oxygens (including phenoxy) is 1. The summed E-state index contributed by atoms with van der Waals surface area (Å²) < 4.78 is 41.5. The van der Waals surface area contributed by atoms with Gasteiger partial charge < -0.3 is 15.4 Å². The highest BCUT2D eigenvalue weighted by molar-refractivity contribution is 5.53. The summed E-state index contributed by atoms with van der Waals surface area (Å²) in [5.41, 5.74) is 7.85. The van der Waals surface area contributed by atoms with Crippen LogP contribution >= 0.6 is 0 Å². The molecule has 1 heterocycles. The van der Waals surface area contributed by atoms with Gasteiger partial charge in [-0.05, 0) is 43.5 Å². The predicted molar refractivity (Wildman–Crippen MR) is 76.8 cm³/mol. The molecule has 21 heavy (non-hydrogen) atoms. The molecule has 0 radical (unpaired) electrons. The van der Waals surface area contributed by atoms with Gasteiger partial charge in [0.25, 0.3) is 0 Å². The van der Waals surface area contributed by atoms with Crippen LogP contribution in [0.5, 0.6) is 5.75 Å². The van der Waals surface area contributed by atoms with Crippen LogP contribution in [0.3, 0.4) is 0 Å². The molecule has 0 spiro atoms. The zero-order valence-corrected chi connectivity index (χ0v) is 12.1. The molecule has 2 N–H and O–H groups in total. The molecular formula is C15H21F3N2O. The van der Waals surface area contributed by atoms with Crippen molar-refractivity contribution in [3.05, 3.63) is 23.8 Å². The molecule has 2 rings (SSSR count). The van der Waals surface area contributed by atoms with Crippen molar-refractivity contribution in [2.45, 2.75) is 38.4 Å². The van der Waals surface area contributed by atoms with Crippen molar-refractivity contribution in [1.29, 1.82) is 0 Å². The van der Waals surface area contributed by atoms with Gasteiger partial charge in [0, 0.05) is 24.8 Å². The van der Waals surface area contributed by atoms with E-state index < -0.39 is 12.6 Å². The van der Waals surface area contributed by atoms with Crippen molar-refractivity contribution in [2.24, 2.45) is 5.73 Å². The van der Waals surface area contributed by atoms with Crippen molar-refractivity contribution >= 4 is 5.69 Å². The minimum absolute atomic E-state index is 0.182. The minimum atomic E-state index is -4.18. The highest BCUT2D eigenvalue weighted by Crippen LogP contribution is 2.27. The zero-order valence-electron chi connectivity index (χ0n) is 12.1. The van der Waals surface area contributed by atoms with Gasteiger partial charge in [0.1, 0.15) is 5.75 Å². The second kappa shape index (κ2) is 6.56. The molecule has 1 aliphatic rings. The summed E-state index contributed by atoms with van der Waals surface area (Å²) in [7, 11) is 0. The monoisotopic (exact) mass is 302 g/mol. The van der Waals surface area contributed by atoms with Gasteiger partial charge in [-0.15, -0.1) is 0 Å². The highest BCUT2D eigenvalue weighted by atomic mass is 19.4. The molecule has 3 nitrogen and oxygen atoms in total. The number of aryl methyl sites for hydroxylation is 1. The Morgan fingerprint density at radius 2 is 2.14 bits per heavy atom. The van der Waals surface area contributed by atoms with E-state index in [9.17, 15) is 13.2 Å². The molecule has 0 aromatic heterocycles. The Hall–Kier alpha value is -1.43. The molecule has 1 aromatic rings. The van der Waals surface area contributed by atoms with Crippen LogP contribution in [0.2, 0.25) is 0 Å². The molecule has 1 aliphatic heterocycles. The fraction of sp³-hybridized carbons (Fsp3) is 0.600. The third-order valence-corrected chi connectivity index (χ3v) is 3.62. The predicted octanol–water partition coefficient (Wildman–Crippen LogP) is 3.25. The van der Waals surface area contributed by atoms with Gasteiger partial charge in [0.05, 0.1) is 13.0 Å². The summed E-state index contributed by atoms with van der Waals surface area (Å²) >= 11 is 0. The van der Waals surface area contributed by atoms with Crippen LogP contribution in [0, 0.1) is 6.92 Å². The Kier molecular flexibility index (Phi) is 4.98. The Bertz CT molecular complexity index is 476. The Morgan fingerprint density at radius 3 is 2.76 bits per heavy atom. The zero-order chi connectivity index (χ0) is 15.5. The minimum Gasteiger partial charge on any atom is -0.493 e. The molecule has 1 fully saturated rings. The molecule has 1 atom stereocenters. The van der Waals surface area contributed by atoms with E-state index in [1.54, 1.807) is 6.07 Å². The van der Waals surface area contributed by atoms with Gasteiger partial charge in [0.15, 0.2) is 0 Å². The number of halogens is 3. The lowest BCUT2D eigenvalue weighted by atomic mass is 10.1. The largest absolute Gasteiger partial charge is 0.493 e. The quantitative estimate of drug-likeness (QED) is 0.928. The van der Waals surface area contributed by atoms with Crippen LogP contribution in [-0.2, 0) is 0 Å². The van der Waals surface area contributed by atoms with E-state index in [0.717, 1.165) is 37.2 Å². The number of nitrogens with zero attached hydrogens (tertiary/aromatic N) is 1. The maximum Gasteiger partial charge on any atom is 0.392 e. The summed E-state index contributed by atoms with van der Waals surface area (Å²) in [4.78, 5) is 2.21. The van der Waals surface area contributed by atoms with E-state index in [1.807, 2.05) is 19.1 Å². The number of nitrogens with two attached hydrogens (primary N) is 1. The molecule has 0 bridgehead atoms. The lowest BCUT2D eigenvalue weighted by Crippen LogP contribution is -2.42. The number of hydrogen-bond acceptors (Lipinski definition) is 3. The lowest BCUT2D eigenvalue weighted by Gasteiger charge is -2.33. The molecule has 1 unspecified atom stereocenters. The highest BCUT2D eigenvalue weighted by Gasteiger charge is 2.27. The topological polar surface area (TPSA) is 38.5 Å². The summed E-state index contributed by atoms with van der Waals surface area (Å²) in [5.74, 6) is 0.504. The molecule has 1 aromatic carbocycles. The molecular weight excluding hydrogens is 281 g/mol. The van der Waals surface area contributed by atoms with E-state index >= 15 is 0 Å². The summed E-state index contributed by atoms with van der Waals surface area (Å²) in [5, 5.41) is 0. The van der Waals surface area contributed by atoms with Crippen LogP contribution in [0.25, 0.3) is 0 Å². The maximum atomic E-state index is 12.1. The smallest absolute Gasteiger partial charge is 0.392 e. The first-order valence-electron chi connectivity index (χ1n) is 7.16. The molecule has 6 heteroatoms. The lowest BCUT2D eigenvalue weighted by molar-refractivity contribution is -0.139. The van der Waals surface area contributed by atoms with Crippen molar-refractivity contribution in [2.75, 3.05) is 24.6 Å². The number of rotatable bonds is 4. The SMILES string of the molecule is Cc1cc(N2CCCC(N)C2)ccc1OCCC(F)(F)F. The second-order valence-corrected chi connectivity index (χ2v) is 5.51. The van der Waals surface area contributed by atoms with Crippen LogP contribution in [0.15, 0.2) is 18.2 Å². The second-order valence-electron chi connectivity index (χ2n) is 5.51. The van der Waals surface area contributed by atoms with E-state index in [1.165, 1.54) is 0 Å². The Balaban J connectivity index is 1.97. The van der Waals surface area contributed by atoms with Crippen molar-refractivity contribution in [3.63, 3.8) is 0 Å². The first-order valence-corrected chi connectivity index (χ1v) is 7.16. The summed E-state index contributed by atoms with van der Waals surface area (Å²) in [6, 6.07) is 5.75. The number of alkyl halides is 3. The van der Waals surface area contributed by atoms with Gasteiger partial charge >= 0.3 is 6.18 Å². The number of benzene rings is 1. The van der Waals surface area contributed by atoms with Crippen molar-refractivity contribution in [3.8, 4) is 5.75 Å². The standard InChI is InChI=1S/C15H21F3N2O/c1-11-9-13(20-7-2-3-12(19)10-20)4-5-14(11)21-8-6-15(16,17)18/h4-5,9,12H,2-3,6-8,10,19H2,1H3. The van der Waals surface area contributed by atoms with E-state index in [-0.39, 0.29) is 12.6 Å². The third kappa shape index (κ3) is 4.81. The van der Waals surface area contributed by atoms with E-state index in [0.29, 0.717) is 5.75 Å². The summed E-state index contributed by atoms with van der Waals surface area (Å²) in [6.45, 7) is 3.27. The number of hydrogen-bond donors (Lipinski definition) is 1. The van der Waals surface area contributed by atoms with Gasteiger partial charge in [-0.1, -0.05) is 0 Å². The molecule has 0 aliphatic carbocycles. The Labute approximate surface area is 122 Å². The van der Waals surface area contributed by atoms with Crippen molar-refractivity contribution in [1.82, 2.24) is 0 Å². The third-order valence-electron chi connectivity index (χ3n) is 3.62. The van der Waals surface area contributed by atoms with Gasteiger partial charge in [-0.3, -0.25) is 0 Å². The molecule has 1 saturated heterocycles. The summed E-state index contributed by atoms with van der Waals surface area (Å²) in [6.07, 6.45) is -3.02. The molecule has 118 valence electrons. The van der Waals surface area contributed by atoms with Gasteiger partial charge in [0.2, 0.25) is 0 Å². The van der Waals surface area contributed by atoms with Crippen LogP contribution in [0.4, 0.5) is 18.9 Å². The number of piperidine rings is 1. The average Bonchev–Trinajstić information content (AvgIpc) is 2.39. The van der Waals surface area contributed by atoms with Crippen LogP contribution < -0.4 is 15.4 Å². The first kappa shape index (κ1) is 15.9. The van der Waals surface area contributed by atoms with Gasteiger partial charge in [-0.25, -0.2) is 0 Å². The normalized spacial score (nSPS) is 19.7. The van der Waals surface area contributed by atoms with Crippen molar-refractivity contribution < 1.29 is 17.9 Å².